The van der Waals surface area contributed by atoms with Crippen LogP contribution < -0.4 is 11.1 Å². The van der Waals surface area contributed by atoms with Gasteiger partial charge in [-0.05, 0) is 35.6 Å². The lowest BCUT2D eigenvalue weighted by Crippen LogP contribution is -2.57. The van der Waals surface area contributed by atoms with E-state index < -0.39 is 5.54 Å². The average Bonchev–Trinajstić information content (AvgIpc) is 2.55. The van der Waals surface area contributed by atoms with Gasteiger partial charge in [0.05, 0.1) is 5.54 Å². The fraction of sp³-hybridized carbons (Fsp3) is 0.389. The van der Waals surface area contributed by atoms with E-state index in [9.17, 15) is 4.79 Å². The van der Waals surface area contributed by atoms with E-state index in [2.05, 4.69) is 35.6 Å². The molecule has 0 aliphatic carbocycles. The van der Waals surface area contributed by atoms with Gasteiger partial charge in [0.2, 0.25) is 5.91 Å². The maximum atomic E-state index is 12.2. The fourth-order valence-corrected chi connectivity index (χ4v) is 2.85. The van der Waals surface area contributed by atoms with Crippen LogP contribution in [0.15, 0.2) is 42.5 Å². The van der Waals surface area contributed by atoms with Crippen molar-refractivity contribution < 1.29 is 9.53 Å². The maximum absolute atomic E-state index is 12.2. The Labute approximate surface area is 130 Å². The van der Waals surface area contributed by atoms with Crippen LogP contribution in [0.5, 0.6) is 0 Å². The van der Waals surface area contributed by atoms with Crippen LogP contribution in [-0.2, 0) is 16.0 Å². The van der Waals surface area contributed by atoms with E-state index in [4.69, 9.17) is 10.5 Å². The van der Waals surface area contributed by atoms with Crippen molar-refractivity contribution in [2.75, 3.05) is 19.8 Å². The highest BCUT2D eigenvalue weighted by atomic mass is 16.5. The number of carbonyl (C=O) groups is 1. The third-order valence-electron chi connectivity index (χ3n) is 4.35. The molecule has 0 unspecified atom stereocenters. The molecule has 1 aliphatic heterocycles. The summed E-state index contributed by atoms with van der Waals surface area (Å²) >= 11 is 0. The Kier molecular flexibility index (Phi) is 4.41. The molecular weight excluding hydrogens is 276 g/mol. The number of ether oxygens (including phenoxy) is 1. The van der Waals surface area contributed by atoms with Gasteiger partial charge in [-0.2, -0.15) is 0 Å². The van der Waals surface area contributed by atoms with Gasteiger partial charge < -0.3 is 15.8 Å². The number of hydrogen-bond acceptors (Lipinski definition) is 3. The van der Waals surface area contributed by atoms with Crippen molar-refractivity contribution in [2.45, 2.75) is 24.8 Å². The second kappa shape index (κ2) is 6.46. The van der Waals surface area contributed by atoms with Crippen LogP contribution in [0.1, 0.15) is 18.4 Å². The SMILES string of the molecule is NC1(C(=O)NCCc2ccc3ccccc3c2)CCOCC1. The lowest BCUT2D eigenvalue weighted by Gasteiger charge is -2.31. The lowest BCUT2D eigenvalue weighted by atomic mass is 9.90. The minimum absolute atomic E-state index is 0.0587. The van der Waals surface area contributed by atoms with Crippen LogP contribution >= 0.6 is 0 Å². The van der Waals surface area contributed by atoms with E-state index >= 15 is 0 Å². The summed E-state index contributed by atoms with van der Waals surface area (Å²) in [6, 6.07) is 14.7. The van der Waals surface area contributed by atoms with Crippen LogP contribution in [0.25, 0.3) is 10.8 Å². The molecule has 1 aliphatic rings. The van der Waals surface area contributed by atoms with Crippen LogP contribution in [0.4, 0.5) is 0 Å². The Morgan fingerprint density at radius 1 is 1.14 bits per heavy atom. The van der Waals surface area contributed by atoms with E-state index in [1.807, 2.05) is 12.1 Å². The second-order valence-electron chi connectivity index (χ2n) is 5.96. The lowest BCUT2D eigenvalue weighted by molar-refractivity contribution is -0.129. The molecule has 22 heavy (non-hydrogen) atoms. The number of amides is 1. The largest absolute Gasteiger partial charge is 0.381 e. The van der Waals surface area contributed by atoms with Crippen molar-refractivity contribution in [3.05, 3.63) is 48.0 Å². The Bertz CT molecular complexity index is 663. The molecule has 0 saturated carbocycles. The van der Waals surface area contributed by atoms with Gasteiger partial charge in [0.1, 0.15) is 0 Å². The summed E-state index contributed by atoms with van der Waals surface area (Å²) in [6.07, 6.45) is 1.99. The number of nitrogens with two attached hydrogens (primary N) is 1. The van der Waals surface area contributed by atoms with E-state index in [1.165, 1.54) is 16.3 Å². The first kappa shape index (κ1) is 15.0. The summed E-state index contributed by atoms with van der Waals surface area (Å²) in [6.45, 7) is 1.74. The zero-order valence-electron chi connectivity index (χ0n) is 12.7. The second-order valence-corrected chi connectivity index (χ2v) is 5.96. The van der Waals surface area contributed by atoms with Gasteiger partial charge in [-0.15, -0.1) is 0 Å². The standard InChI is InChI=1S/C18H22N2O2/c19-18(8-11-22-12-9-18)17(21)20-10-7-14-5-6-15-3-1-2-4-16(15)13-14/h1-6,13H,7-12,19H2,(H,20,21). The summed E-state index contributed by atoms with van der Waals surface area (Å²) < 4.78 is 5.27. The average molecular weight is 298 g/mol. The Morgan fingerprint density at radius 2 is 1.86 bits per heavy atom. The number of benzene rings is 2. The van der Waals surface area contributed by atoms with Crippen molar-refractivity contribution in [3.8, 4) is 0 Å². The van der Waals surface area contributed by atoms with E-state index in [0.717, 1.165) is 6.42 Å². The molecule has 0 spiro atoms. The Balaban J connectivity index is 1.56. The number of rotatable bonds is 4. The van der Waals surface area contributed by atoms with Crippen LogP contribution in [-0.4, -0.2) is 31.2 Å². The molecule has 2 aromatic carbocycles. The molecule has 3 N–H and O–H groups in total. The molecule has 0 aromatic heterocycles. The molecule has 0 radical (unpaired) electrons. The van der Waals surface area contributed by atoms with E-state index in [-0.39, 0.29) is 5.91 Å². The predicted octanol–water partition coefficient (Wildman–Crippen LogP) is 2.01. The zero-order chi connectivity index (χ0) is 15.4. The number of fused-ring (bicyclic) bond motifs is 1. The maximum Gasteiger partial charge on any atom is 0.240 e. The Hall–Kier alpha value is -1.91. The van der Waals surface area contributed by atoms with Gasteiger partial charge in [0.25, 0.3) is 0 Å². The first-order chi connectivity index (χ1) is 10.7. The third kappa shape index (κ3) is 3.29. The monoisotopic (exact) mass is 298 g/mol. The highest BCUT2D eigenvalue weighted by Crippen LogP contribution is 2.18. The molecule has 1 amide bonds. The molecule has 1 heterocycles. The molecule has 116 valence electrons. The molecular formula is C18H22N2O2. The van der Waals surface area contributed by atoms with Crippen molar-refractivity contribution >= 4 is 16.7 Å². The number of nitrogens with one attached hydrogen (secondary N) is 1. The van der Waals surface area contributed by atoms with Crippen molar-refractivity contribution in [2.24, 2.45) is 5.73 Å². The molecule has 3 rings (SSSR count). The van der Waals surface area contributed by atoms with Crippen LogP contribution in [0.3, 0.4) is 0 Å². The first-order valence-corrected chi connectivity index (χ1v) is 7.80. The van der Waals surface area contributed by atoms with Crippen molar-refractivity contribution in [1.82, 2.24) is 5.32 Å². The van der Waals surface area contributed by atoms with Gasteiger partial charge in [0, 0.05) is 19.8 Å². The van der Waals surface area contributed by atoms with Gasteiger partial charge in [0.15, 0.2) is 0 Å². The molecule has 0 bridgehead atoms. The Morgan fingerprint density at radius 3 is 2.64 bits per heavy atom. The fourth-order valence-electron chi connectivity index (χ4n) is 2.85. The first-order valence-electron chi connectivity index (χ1n) is 7.80. The smallest absolute Gasteiger partial charge is 0.240 e. The quantitative estimate of drug-likeness (QED) is 0.907. The van der Waals surface area contributed by atoms with Crippen molar-refractivity contribution in [3.63, 3.8) is 0 Å². The van der Waals surface area contributed by atoms with E-state index in [1.54, 1.807) is 0 Å². The van der Waals surface area contributed by atoms with Crippen molar-refractivity contribution in [1.29, 1.82) is 0 Å². The van der Waals surface area contributed by atoms with Crippen LogP contribution in [0.2, 0.25) is 0 Å². The summed E-state index contributed by atoms with van der Waals surface area (Å²) in [4.78, 5) is 12.2. The molecule has 0 atom stereocenters. The highest BCUT2D eigenvalue weighted by molar-refractivity contribution is 5.86. The van der Waals surface area contributed by atoms with Crippen LogP contribution in [0, 0.1) is 0 Å². The molecule has 1 fully saturated rings. The molecule has 4 nitrogen and oxygen atoms in total. The summed E-state index contributed by atoms with van der Waals surface area (Å²) in [5.74, 6) is -0.0587. The molecule has 4 heteroatoms. The number of carbonyl (C=O) groups excluding carboxylic acids is 1. The summed E-state index contributed by atoms with van der Waals surface area (Å²) in [7, 11) is 0. The predicted molar refractivity (Wildman–Crippen MR) is 87.6 cm³/mol. The van der Waals surface area contributed by atoms with Gasteiger partial charge in [-0.25, -0.2) is 0 Å². The highest BCUT2D eigenvalue weighted by Gasteiger charge is 2.35. The molecule has 2 aromatic rings. The summed E-state index contributed by atoms with van der Waals surface area (Å²) in [5, 5.41) is 5.43. The minimum Gasteiger partial charge on any atom is -0.381 e. The van der Waals surface area contributed by atoms with Gasteiger partial charge in [-0.3, -0.25) is 4.79 Å². The topological polar surface area (TPSA) is 64.4 Å². The number of hydrogen-bond donors (Lipinski definition) is 2. The molecule has 1 saturated heterocycles. The van der Waals surface area contributed by atoms with E-state index in [0.29, 0.717) is 32.6 Å². The normalized spacial score (nSPS) is 17.3. The zero-order valence-corrected chi connectivity index (χ0v) is 12.7. The minimum atomic E-state index is -0.762. The third-order valence-corrected chi connectivity index (χ3v) is 4.35. The van der Waals surface area contributed by atoms with Gasteiger partial charge >= 0.3 is 0 Å². The summed E-state index contributed by atoms with van der Waals surface area (Å²) in [5.41, 5.74) is 6.62. The van der Waals surface area contributed by atoms with Gasteiger partial charge in [-0.1, -0.05) is 42.5 Å².